The molecule has 212 valence electrons. The first kappa shape index (κ1) is 27.7. The van der Waals surface area contributed by atoms with Crippen LogP contribution in [0.3, 0.4) is 0 Å². The van der Waals surface area contributed by atoms with Crippen molar-refractivity contribution in [3.8, 4) is 0 Å². The zero-order valence-corrected chi connectivity index (χ0v) is 21.4. The van der Waals surface area contributed by atoms with E-state index in [-0.39, 0.29) is 18.3 Å². The summed E-state index contributed by atoms with van der Waals surface area (Å²) in [5.41, 5.74) is -3.84. The van der Waals surface area contributed by atoms with Gasteiger partial charge in [0.15, 0.2) is 6.29 Å². The summed E-state index contributed by atoms with van der Waals surface area (Å²) in [6.45, 7) is 2.64. The standard InChI is InChI=1S/C26H42O11/c1-23-6-3-7-24(2,22(34)35)19(23)18(32)20(33)25-8-12(4-5-14(23)25)26(10-25,11-28)37-21-17(31)16(30)15(29)13(9-27)36-21/h12-21,27-33H,3-11H2,1-2H3,(H,34,35)/t12-,13+,14-,15+,16-,17+,18+,19-,20+,21-,23+,24-,25-,26-/m0/s1. The highest BCUT2D eigenvalue weighted by Crippen LogP contribution is 2.73. The molecule has 0 radical (unpaired) electrons. The van der Waals surface area contributed by atoms with Gasteiger partial charge in [-0.2, -0.15) is 0 Å². The van der Waals surface area contributed by atoms with Crippen molar-refractivity contribution in [2.24, 2.45) is 34.0 Å². The van der Waals surface area contributed by atoms with Crippen LogP contribution in [0, 0.1) is 34.0 Å². The van der Waals surface area contributed by atoms with Crippen molar-refractivity contribution >= 4 is 5.97 Å². The number of fused-ring (bicyclic) bond motifs is 3. The van der Waals surface area contributed by atoms with Gasteiger partial charge < -0.3 is 50.3 Å². The Balaban J connectivity index is 1.50. The van der Waals surface area contributed by atoms with Crippen LogP contribution in [-0.2, 0) is 14.3 Å². The highest BCUT2D eigenvalue weighted by molar-refractivity contribution is 5.75. The molecule has 4 saturated carbocycles. The first-order valence-corrected chi connectivity index (χ1v) is 13.5. The van der Waals surface area contributed by atoms with Crippen LogP contribution in [0.1, 0.15) is 58.8 Å². The fraction of sp³-hybridized carbons (Fsp3) is 0.962. The van der Waals surface area contributed by atoms with Crippen LogP contribution in [0.25, 0.3) is 0 Å². The SMILES string of the molecule is C[C@]12CCC[C@](C)(C(=O)O)[C@H]1[C@@H](O)[C@@H](O)[C@]13C[C@H](CC[C@@H]21)[C@](CO)(O[C@@H]1O[C@H](CO)[C@@H](O)[C@H](O)[C@H]1O)C3. The van der Waals surface area contributed by atoms with E-state index in [2.05, 4.69) is 0 Å². The Labute approximate surface area is 216 Å². The lowest BCUT2D eigenvalue weighted by atomic mass is 9.39. The molecular formula is C26H42O11. The molecule has 0 unspecified atom stereocenters. The third-order valence-electron chi connectivity index (χ3n) is 11.3. The first-order valence-electron chi connectivity index (χ1n) is 13.5. The van der Waals surface area contributed by atoms with Gasteiger partial charge in [0.1, 0.15) is 24.4 Å². The predicted octanol–water partition coefficient (Wildman–Crippen LogP) is -1.03. The van der Waals surface area contributed by atoms with Crippen molar-refractivity contribution in [1.29, 1.82) is 0 Å². The van der Waals surface area contributed by atoms with Gasteiger partial charge in [-0.05, 0) is 62.7 Å². The molecule has 11 heteroatoms. The van der Waals surface area contributed by atoms with Crippen molar-refractivity contribution in [1.82, 2.24) is 0 Å². The van der Waals surface area contributed by atoms with Gasteiger partial charge in [0.05, 0.1) is 36.4 Å². The minimum Gasteiger partial charge on any atom is -0.481 e. The molecule has 8 N–H and O–H groups in total. The number of carboxylic acids is 1. The van der Waals surface area contributed by atoms with Crippen molar-refractivity contribution in [2.45, 2.75) is 107 Å². The number of rotatable bonds is 5. The molecule has 1 saturated heterocycles. The van der Waals surface area contributed by atoms with Crippen LogP contribution >= 0.6 is 0 Å². The fourth-order valence-corrected chi connectivity index (χ4v) is 9.67. The van der Waals surface area contributed by atoms with Crippen LogP contribution < -0.4 is 0 Å². The highest BCUT2D eigenvalue weighted by Gasteiger charge is 2.74. The van der Waals surface area contributed by atoms with Crippen LogP contribution in [0.5, 0.6) is 0 Å². The van der Waals surface area contributed by atoms with Crippen LogP contribution in [0.4, 0.5) is 0 Å². The van der Waals surface area contributed by atoms with E-state index in [1.165, 1.54) is 0 Å². The summed E-state index contributed by atoms with van der Waals surface area (Å²) in [5, 5.41) is 84.6. The number of hydrogen-bond acceptors (Lipinski definition) is 10. The third kappa shape index (κ3) is 3.62. The van der Waals surface area contributed by atoms with Gasteiger partial charge in [0.2, 0.25) is 0 Å². The van der Waals surface area contributed by atoms with E-state index in [9.17, 15) is 45.6 Å². The molecule has 0 amide bonds. The van der Waals surface area contributed by atoms with E-state index in [1.807, 2.05) is 6.92 Å². The lowest BCUT2D eigenvalue weighted by molar-refractivity contribution is -0.335. The van der Waals surface area contributed by atoms with E-state index in [4.69, 9.17) is 9.47 Å². The molecule has 1 spiro atoms. The Bertz CT molecular complexity index is 900. The van der Waals surface area contributed by atoms with Gasteiger partial charge in [-0.15, -0.1) is 0 Å². The summed E-state index contributed by atoms with van der Waals surface area (Å²) >= 11 is 0. The van der Waals surface area contributed by atoms with Crippen molar-refractivity contribution in [2.75, 3.05) is 13.2 Å². The fourth-order valence-electron chi connectivity index (χ4n) is 9.67. The van der Waals surface area contributed by atoms with Gasteiger partial charge in [0.25, 0.3) is 0 Å². The monoisotopic (exact) mass is 530 g/mol. The van der Waals surface area contributed by atoms with E-state index in [1.54, 1.807) is 6.92 Å². The Kier molecular flexibility index (Phi) is 6.78. The maximum atomic E-state index is 12.4. The number of ether oxygens (including phenoxy) is 2. The Morgan fingerprint density at radius 3 is 2.30 bits per heavy atom. The minimum atomic E-state index is -1.63. The molecule has 2 bridgehead atoms. The predicted molar refractivity (Wildman–Crippen MR) is 126 cm³/mol. The van der Waals surface area contributed by atoms with E-state index in [0.29, 0.717) is 32.1 Å². The Morgan fingerprint density at radius 1 is 0.973 bits per heavy atom. The van der Waals surface area contributed by atoms with Crippen LogP contribution in [-0.4, -0.2) is 109 Å². The molecule has 0 aromatic carbocycles. The summed E-state index contributed by atoms with van der Waals surface area (Å²) in [6, 6.07) is 0. The van der Waals surface area contributed by atoms with E-state index >= 15 is 0 Å². The quantitative estimate of drug-likeness (QED) is 0.216. The van der Waals surface area contributed by atoms with Crippen LogP contribution in [0.15, 0.2) is 0 Å². The molecule has 5 rings (SSSR count). The molecule has 5 fully saturated rings. The summed E-state index contributed by atoms with van der Waals surface area (Å²) in [6.07, 6.45) is -6.18. The topological polar surface area (TPSA) is 197 Å². The molecule has 1 heterocycles. The van der Waals surface area contributed by atoms with Gasteiger partial charge in [0, 0.05) is 11.3 Å². The molecular weight excluding hydrogens is 488 g/mol. The number of aliphatic hydroxyl groups excluding tert-OH is 7. The summed E-state index contributed by atoms with van der Waals surface area (Å²) in [5.74, 6) is -1.98. The number of aliphatic hydroxyl groups is 7. The lowest BCUT2D eigenvalue weighted by Gasteiger charge is -2.66. The average molecular weight is 531 g/mol. The Hall–Kier alpha value is -0.890. The third-order valence-corrected chi connectivity index (χ3v) is 11.3. The van der Waals surface area contributed by atoms with Gasteiger partial charge in [-0.3, -0.25) is 4.79 Å². The summed E-state index contributed by atoms with van der Waals surface area (Å²) < 4.78 is 11.8. The summed E-state index contributed by atoms with van der Waals surface area (Å²) in [7, 11) is 0. The average Bonchev–Trinajstić information content (AvgIpc) is 3.10. The maximum absolute atomic E-state index is 12.4. The molecule has 14 atom stereocenters. The largest absolute Gasteiger partial charge is 0.481 e. The molecule has 5 aliphatic rings. The zero-order valence-electron chi connectivity index (χ0n) is 21.4. The second kappa shape index (κ2) is 9.07. The first-order chi connectivity index (χ1) is 17.3. The second-order valence-electron chi connectivity index (χ2n) is 13.0. The maximum Gasteiger partial charge on any atom is 0.309 e. The zero-order chi connectivity index (χ0) is 27.1. The van der Waals surface area contributed by atoms with Gasteiger partial charge in [-0.25, -0.2) is 0 Å². The number of aliphatic carboxylic acids is 1. The molecule has 11 nitrogen and oxygen atoms in total. The van der Waals surface area contributed by atoms with E-state index < -0.39 is 89.9 Å². The molecule has 37 heavy (non-hydrogen) atoms. The number of carboxylic acid groups (broad SMARTS) is 1. The molecule has 0 aromatic rings. The second-order valence-corrected chi connectivity index (χ2v) is 13.0. The summed E-state index contributed by atoms with van der Waals surface area (Å²) in [4.78, 5) is 12.4. The highest BCUT2D eigenvalue weighted by atomic mass is 16.7. The minimum absolute atomic E-state index is 0.120. The Morgan fingerprint density at radius 2 is 1.68 bits per heavy atom. The van der Waals surface area contributed by atoms with Gasteiger partial charge >= 0.3 is 5.97 Å². The van der Waals surface area contributed by atoms with Crippen LogP contribution in [0.2, 0.25) is 0 Å². The van der Waals surface area contributed by atoms with Crippen molar-refractivity contribution in [3.05, 3.63) is 0 Å². The van der Waals surface area contributed by atoms with Crippen molar-refractivity contribution < 1.29 is 55.1 Å². The number of hydrogen-bond donors (Lipinski definition) is 8. The van der Waals surface area contributed by atoms with E-state index in [0.717, 1.165) is 6.42 Å². The van der Waals surface area contributed by atoms with Gasteiger partial charge in [-0.1, -0.05) is 13.3 Å². The van der Waals surface area contributed by atoms with Crippen molar-refractivity contribution in [3.63, 3.8) is 0 Å². The lowest BCUT2D eigenvalue weighted by Crippen LogP contribution is -2.69. The molecule has 4 aliphatic carbocycles. The molecule has 1 aliphatic heterocycles. The smallest absolute Gasteiger partial charge is 0.309 e. The number of carbonyl (C=O) groups is 1. The normalized spacial score (nSPS) is 57.4. The molecule has 0 aromatic heterocycles.